The molecule has 6 amide bonds. The van der Waals surface area contributed by atoms with Gasteiger partial charge in [-0.05, 0) is 62.7 Å². The molecule has 0 spiro atoms. The molecule has 0 fully saturated rings. The predicted molar refractivity (Wildman–Crippen MR) is 186 cm³/mol. The van der Waals surface area contributed by atoms with E-state index in [9.17, 15) is 28.8 Å². The Morgan fingerprint density at radius 3 is 1.47 bits per heavy atom. The molecular weight excluding hydrogens is 600 g/mol. The number of nitrogens with one attached hydrogen (secondary N) is 1. The molecule has 0 aliphatic heterocycles. The van der Waals surface area contributed by atoms with E-state index in [2.05, 4.69) is 5.32 Å². The number of allylic oxidation sites excluding steroid dienone is 2. The van der Waals surface area contributed by atoms with E-state index < -0.39 is 59.7 Å². The van der Waals surface area contributed by atoms with E-state index >= 15 is 0 Å². The van der Waals surface area contributed by atoms with Crippen molar-refractivity contribution >= 4 is 35.9 Å². The van der Waals surface area contributed by atoms with E-state index in [1.807, 2.05) is 74.5 Å². The summed E-state index contributed by atoms with van der Waals surface area (Å²) in [6, 6.07) is -4.47. The maximum atomic E-state index is 14.3. The van der Waals surface area contributed by atoms with Crippen LogP contribution in [-0.2, 0) is 28.8 Å². The second-order valence-corrected chi connectivity index (χ2v) is 14.3. The average Bonchev–Trinajstić information content (AvgIpc) is 2.98. The summed E-state index contributed by atoms with van der Waals surface area (Å²) in [7, 11) is 6.18. The van der Waals surface area contributed by atoms with Crippen molar-refractivity contribution in [3.63, 3.8) is 0 Å². The van der Waals surface area contributed by atoms with Gasteiger partial charge in [0.15, 0.2) is 0 Å². The molecule has 47 heavy (non-hydrogen) atoms. The maximum absolute atomic E-state index is 14.3. The summed E-state index contributed by atoms with van der Waals surface area (Å²) in [6.07, 6.45) is 5.77. The topological polar surface area (TPSA) is 153 Å². The van der Waals surface area contributed by atoms with E-state index in [0.717, 1.165) is 6.42 Å². The Labute approximate surface area is 283 Å². The molecular formula is C35H64N6O6. The van der Waals surface area contributed by atoms with Crippen LogP contribution in [0, 0.1) is 29.6 Å². The van der Waals surface area contributed by atoms with Crippen LogP contribution in [0.2, 0.25) is 0 Å². The highest BCUT2D eigenvalue weighted by atomic mass is 16.2. The molecule has 7 atom stereocenters. The number of primary amides is 1. The second kappa shape index (κ2) is 20.0. The van der Waals surface area contributed by atoms with Crippen LogP contribution in [0.5, 0.6) is 0 Å². The Morgan fingerprint density at radius 2 is 1.09 bits per heavy atom. The smallest absolute Gasteiger partial charge is 0.246 e. The third-order valence-corrected chi connectivity index (χ3v) is 9.12. The summed E-state index contributed by atoms with van der Waals surface area (Å²) >= 11 is 0. The number of amides is 6. The average molecular weight is 665 g/mol. The number of likely N-dealkylation sites (N-methyl/N-ethyl adjacent to an activating group) is 4. The van der Waals surface area contributed by atoms with Crippen molar-refractivity contribution in [2.75, 3.05) is 28.2 Å². The van der Waals surface area contributed by atoms with Crippen LogP contribution in [0.4, 0.5) is 0 Å². The summed E-state index contributed by atoms with van der Waals surface area (Å²) in [5, 5.41) is 2.44. The van der Waals surface area contributed by atoms with Gasteiger partial charge in [-0.3, -0.25) is 28.8 Å². The minimum atomic E-state index is -0.934. The van der Waals surface area contributed by atoms with E-state index in [4.69, 9.17) is 5.73 Å². The summed E-state index contributed by atoms with van der Waals surface area (Å²) in [4.78, 5) is 84.8. The zero-order chi connectivity index (χ0) is 36.9. The lowest BCUT2D eigenvalue weighted by Gasteiger charge is -2.41. The van der Waals surface area contributed by atoms with Crippen molar-refractivity contribution < 1.29 is 28.8 Å². The molecule has 0 aromatic carbocycles. The van der Waals surface area contributed by atoms with Crippen molar-refractivity contribution in [2.24, 2.45) is 35.3 Å². The van der Waals surface area contributed by atoms with Gasteiger partial charge < -0.3 is 30.7 Å². The van der Waals surface area contributed by atoms with Crippen LogP contribution in [0.3, 0.4) is 0 Å². The maximum Gasteiger partial charge on any atom is 0.246 e. The number of nitrogens with two attached hydrogens (primary N) is 1. The first-order chi connectivity index (χ1) is 21.7. The highest BCUT2D eigenvalue weighted by Gasteiger charge is 2.42. The Morgan fingerprint density at radius 1 is 0.660 bits per heavy atom. The first kappa shape index (κ1) is 43.6. The van der Waals surface area contributed by atoms with Crippen molar-refractivity contribution in [1.29, 1.82) is 0 Å². The molecule has 0 aliphatic carbocycles. The second-order valence-electron chi connectivity index (χ2n) is 14.3. The summed E-state index contributed by atoms with van der Waals surface area (Å²) in [6.45, 7) is 18.8. The van der Waals surface area contributed by atoms with E-state index in [-0.39, 0.29) is 29.6 Å². The molecule has 0 unspecified atom stereocenters. The molecule has 12 nitrogen and oxygen atoms in total. The third-order valence-electron chi connectivity index (χ3n) is 9.12. The van der Waals surface area contributed by atoms with Gasteiger partial charge >= 0.3 is 0 Å². The van der Waals surface area contributed by atoms with Gasteiger partial charge in [0.05, 0.1) is 0 Å². The van der Waals surface area contributed by atoms with Gasteiger partial charge in [-0.25, -0.2) is 0 Å². The number of nitrogens with zero attached hydrogens (tertiary/aromatic N) is 4. The van der Waals surface area contributed by atoms with E-state index in [0.29, 0.717) is 19.3 Å². The fourth-order valence-electron chi connectivity index (χ4n) is 6.06. The molecule has 0 bridgehead atoms. The van der Waals surface area contributed by atoms with Crippen LogP contribution in [0.15, 0.2) is 12.2 Å². The van der Waals surface area contributed by atoms with Gasteiger partial charge in [0.1, 0.15) is 30.2 Å². The Hall–Kier alpha value is -3.44. The lowest BCUT2D eigenvalue weighted by atomic mass is 9.85. The fourth-order valence-corrected chi connectivity index (χ4v) is 6.06. The Kier molecular flexibility index (Phi) is 18.6. The molecule has 0 aliphatic rings. The van der Waals surface area contributed by atoms with Crippen LogP contribution >= 0.6 is 0 Å². The number of rotatable bonds is 20. The highest BCUT2D eigenvalue weighted by molar-refractivity contribution is 5.96. The number of hydrogen-bond acceptors (Lipinski definition) is 6. The lowest BCUT2D eigenvalue weighted by Crippen LogP contribution is -2.61. The minimum absolute atomic E-state index is 0.0157. The van der Waals surface area contributed by atoms with Crippen molar-refractivity contribution in [3.8, 4) is 0 Å². The molecule has 0 aromatic rings. The predicted octanol–water partition coefficient (Wildman–Crippen LogP) is 2.90. The van der Waals surface area contributed by atoms with Gasteiger partial charge in [0.25, 0.3) is 0 Å². The van der Waals surface area contributed by atoms with Gasteiger partial charge in [-0.1, -0.05) is 67.5 Å². The largest absolute Gasteiger partial charge is 0.368 e. The highest BCUT2D eigenvalue weighted by Crippen LogP contribution is 2.26. The number of carbonyl (C=O) groups excluding carboxylic acids is 6. The summed E-state index contributed by atoms with van der Waals surface area (Å²) in [5.74, 6) is -2.75. The Balaban J connectivity index is 6.61. The number of hydrogen-bond donors (Lipinski definition) is 2. The van der Waals surface area contributed by atoms with E-state index in [1.54, 1.807) is 28.1 Å². The monoisotopic (exact) mass is 664 g/mol. The molecule has 270 valence electrons. The van der Waals surface area contributed by atoms with Gasteiger partial charge in [-0.15, -0.1) is 0 Å². The molecule has 0 saturated heterocycles. The summed E-state index contributed by atoms with van der Waals surface area (Å²) in [5.41, 5.74) is 5.85. The first-order valence-electron chi connectivity index (χ1n) is 16.8. The van der Waals surface area contributed by atoms with E-state index in [1.165, 1.54) is 26.6 Å². The van der Waals surface area contributed by atoms with Crippen LogP contribution in [0.1, 0.15) is 88.5 Å². The van der Waals surface area contributed by atoms with Gasteiger partial charge in [0.2, 0.25) is 35.9 Å². The molecule has 0 rings (SSSR count). The van der Waals surface area contributed by atoms with Crippen LogP contribution < -0.4 is 11.1 Å². The zero-order valence-corrected chi connectivity index (χ0v) is 31.4. The third kappa shape index (κ3) is 12.3. The molecule has 0 radical (unpaired) electrons. The standard InChI is InChI=1S/C35H64N6O6/c1-15-16-17-24(8)25(9)30(31(36)43)41(14)35(47)29(23(6)7)40(13)34(46)28(19-22(4)5)39(12)33(45)27(18-21(2)3)38(11)32(44)26(10)37-20-42/h15-16,20-30H,17-19H2,1-14H3,(H2,36,43)(H,37,42)/b16-15+/t24-,25-,26+,27+,28+,29+,30+/m1/s1. The Bertz CT molecular complexity index is 1090. The first-order valence-corrected chi connectivity index (χ1v) is 16.8. The summed E-state index contributed by atoms with van der Waals surface area (Å²) < 4.78 is 0. The SMILES string of the molecule is C/C=C/C[C@@H](C)[C@@H](C)[C@@H](C(N)=O)N(C)C(=O)[C@H](C(C)C)N(C)C(=O)[C@H](CC(C)C)N(C)C(=O)[C@H](CC(C)C)N(C)C(=O)[C@H](C)NC=O. The number of carbonyl (C=O) groups is 6. The molecule has 12 heteroatoms. The minimum Gasteiger partial charge on any atom is -0.368 e. The molecule has 0 aromatic heterocycles. The van der Waals surface area contributed by atoms with Gasteiger partial charge in [0, 0.05) is 28.2 Å². The van der Waals surface area contributed by atoms with Crippen molar-refractivity contribution in [2.45, 2.75) is 119 Å². The van der Waals surface area contributed by atoms with Crippen molar-refractivity contribution in [1.82, 2.24) is 24.9 Å². The van der Waals surface area contributed by atoms with Crippen LogP contribution in [-0.4, -0.2) is 114 Å². The zero-order valence-electron chi connectivity index (χ0n) is 31.4. The fraction of sp³-hybridized carbons (Fsp3) is 0.771. The molecule has 3 N–H and O–H groups in total. The lowest BCUT2D eigenvalue weighted by molar-refractivity contribution is -0.156. The van der Waals surface area contributed by atoms with Crippen molar-refractivity contribution in [3.05, 3.63) is 12.2 Å². The normalized spacial score (nSPS) is 16.2. The quantitative estimate of drug-likeness (QED) is 0.151. The molecule has 0 heterocycles. The van der Waals surface area contributed by atoms with Crippen LogP contribution in [0.25, 0.3) is 0 Å². The van der Waals surface area contributed by atoms with Gasteiger partial charge in [-0.2, -0.15) is 0 Å². The molecule has 0 saturated carbocycles.